The Morgan fingerprint density at radius 3 is 2.20 bits per heavy atom. The summed E-state index contributed by atoms with van der Waals surface area (Å²) in [5.41, 5.74) is 1.40. The molecule has 1 aliphatic rings. The van der Waals surface area contributed by atoms with E-state index in [2.05, 4.69) is 0 Å². The van der Waals surface area contributed by atoms with Crippen LogP contribution in [0.4, 0.5) is 13.2 Å². The van der Waals surface area contributed by atoms with Gasteiger partial charge in [-0.2, -0.15) is 4.39 Å². The average Bonchev–Trinajstić information content (AvgIpc) is 2.88. The second-order valence-electron chi connectivity index (χ2n) is 8.56. The summed E-state index contributed by atoms with van der Waals surface area (Å²) in [5.74, 6) is -3.20. The van der Waals surface area contributed by atoms with Crippen LogP contribution >= 0.6 is 0 Å². The van der Waals surface area contributed by atoms with Crippen LogP contribution in [-0.2, 0) is 4.79 Å². The Balaban J connectivity index is 1.39. The van der Waals surface area contributed by atoms with E-state index in [1.54, 1.807) is 37.3 Å². The van der Waals surface area contributed by atoms with Crippen molar-refractivity contribution < 1.29 is 32.2 Å². The number of benzene rings is 3. The van der Waals surface area contributed by atoms with Gasteiger partial charge in [-0.25, -0.2) is 8.78 Å². The number of hydrogen-bond acceptors (Lipinski definition) is 4. The zero-order chi connectivity index (χ0) is 24.9. The SMILES string of the molecule is CCOc1ccc(C2CCC(C(=O)Oc3ccc(-c4ccc(OC)cc4)c(F)c3F)CC2)cc1F. The molecular weight excluding hydrogens is 457 g/mol. The molecule has 4 nitrogen and oxygen atoms in total. The van der Waals surface area contributed by atoms with Crippen LogP contribution in [0.2, 0.25) is 0 Å². The molecule has 3 aromatic rings. The third kappa shape index (κ3) is 5.45. The summed E-state index contributed by atoms with van der Waals surface area (Å²) in [5, 5.41) is 0. The standard InChI is InChI=1S/C28H27F3O4/c1-3-34-24-14-10-20(16-23(24)29)17-4-6-19(7-5-17)28(32)35-25-15-13-22(26(30)27(25)31)18-8-11-21(33-2)12-9-18/h8-17,19H,3-7H2,1-2H3. The number of carbonyl (C=O) groups excluding carboxylic acids is 1. The van der Waals surface area contributed by atoms with E-state index in [9.17, 15) is 18.0 Å². The Morgan fingerprint density at radius 2 is 1.57 bits per heavy atom. The lowest BCUT2D eigenvalue weighted by atomic mass is 9.78. The number of rotatable bonds is 7. The van der Waals surface area contributed by atoms with E-state index in [1.165, 1.54) is 25.3 Å². The van der Waals surface area contributed by atoms with Crippen molar-refractivity contribution in [1.82, 2.24) is 0 Å². The third-order valence-electron chi connectivity index (χ3n) is 6.45. The molecule has 0 aliphatic heterocycles. The van der Waals surface area contributed by atoms with E-state index >= 15 is 0 Å². The zero-order valence-electron chi connectivity index (χ0n) is 19.7. The van der Waals surface area contributed by atoms with Gasteiger partial charge < -0.3 is 14.2 Å². The summed E-state index contributed by atoms with van der Waals surface area (Å²) in [6.45, 7) is 2.18. The molecule has 0 unspecified atom stereocenters. The normalized spacial score (nSPS) is 17.6. The highest BCUT2D eigenvalue weighted by Gasteiger charge is 2.30. The first-order valence-corrected chi connectivity index (χ1v) is 11.7. The molecule has 35 heavy (non-hydrogen) atoms. The quantitative estimate of drug-likeness (QED) is 0.266. The highest BCUT2D eigenvalue weighted by molar-refractivity contribution is 5.76. The molecule has 184 valence electrons. The van der Waals surface area contributed by atoms with Crippen LogP contribution in [0.3, 0.4) is 0 Å². The predicted molar refractivity (Wildman–Crippen MR) is 126 cm³/mol. The van der Waals surface area contributed by atoms with Gasteiger partial charge in [-0.05, 0) is 86.1 Å². The van der Waals surface area contributed by atoms with Crippen LogP contribution in [0.5, 0.6) is 17.2 Å². The molecule has 0 saturated heterocycles. The fraction of sp³-hybridized carbons (Fsp3) is 0.321. The van der Waals surface area contributed by atoms with Crippen LogP contribution in [0.1, 0.15) is 44.1 Å². The van der Waals surface area contributed by atoms with Crippen molar-refractivity contribution in [3.63, 3.8) is 0 Å². The Morgan fingerprint density at radius 1 is 0.886 bits per heavy atom. The maximum atomic E-state index is 14.7. The summed E-state index contributed by atoms with van der Waals surface area (Å²) in [6, 6.07) is 14.2. The van der Waals surface area contributed by atoms with E-state index in [1.807, 2.05) is 6.07 Å². The van der Waals surface area contributed by atoms with Gasteiger partial charge >= 0.3 is 5.97 Å². The maximum Gasteiger partial charge on any atom is 0.314 e. The Kier molecular flexibility index (Phi) is 7.63. The van der Waals surface area contributed by atoms with Crippen molar-refractivity contribution in [1.29, 1.82) is 0 Å². The van der Waals surface area contributed by atoms with Gasteiger partial charge in [0.05, 0.1) is 19.6 Å². The lowest BCUT2D eigenvalue weighted by molar-refractivity contribution is -0.140. The molecule has 3 aromatic carbocycles. The second-order valence-corrected chi connectivity index (χ2v) is 8.56. The van der Waals surface area contributed by atoms with Crippen molar-refractivity contribution in [3.05, 3.63) is 77.6 Å². The molecule has 0 radical (unpaired) electrons. The van der Waals surface area contributed by atoms with Gasteiger partial charge in [0.1, 0.15) is 5.75 Å². The smallest absolute Gasteiger partial charge is 0.314 e. The molecule has 7 heteroatoms. The molecule has 0 atom stereocenters. The molecule has 4 rings (SSSR count). The van der Waals surface area contributed by atoms with E-state index in [0.717, 1.165) is 5.56 Å². The minimum absolute atomic E-state index is 0.0630. The molecule has 0 heterocycles. The van der Waals surface area contributed by atoms with Gasteiger partial charge in [-0.15, -0.1) is 0 Å². The van der Waals surface area contributed by atoms with Crippen LogP contribution in [0.25, 0.3) is 11.1 Å². The van der Waals surface area contributed by atoms with Crippen LogP contribution in [-0.4, -0.2) is 19.7 Å². The van der Waals surface area contributed by atoms with Crippen molar-refractivity contribution >= 4 is 5.97 Å². The zero-order valence-corrected chi connectivity index (χ0v) is 19.7. The minimum Gasteiger partial charge on any atom is -0.497 e. The number of ether oxygens (including phenoxy) is 3. The van der Waals surface area contributed by atoms with Gasteiger partial charge in [-0.1, -0.05) is 18.2 Å². The number of halogens is 3. The minimum atomic E-state index is -1.20. The van der Waals surface area contributed by atoms with Gasteiger partial charge in [-0.3, -0.25) is 4.79 Å². The molecule has 0 amide bonds. The van der Waals surface area contributed by atoms with E-state index < -0.39 is 35.1 Å². The van der Waals surface area contributed by atoms with Gasteiger partial charge in [0.15, 0.2) is 23.1 Å². The molecule has 1 saturated carbocycles. The highest BCUT2D eigenvalue weighted by atomic mass is 19.2. The molecule has 1 aliphatic carbocycles. The molecule has 0 aromatic heterocycles. The highest BCUT2D eigenvalue weighted by Crippen LogP contribution is 2.38. The molecular formula is C28H27F3O4. The van der Waals surface area contributed by atoms with E-state index in [-0.39, 0.29) is 17.2 Å². The lowest BCUT2D eigenvalue weighted by Gasteiger charge is -2.27. The fourth-order valence-electron chi connectivity index (χ4n) is 4.50. The molecule has 0 N–H and O–H groups in total. The van der Waals surface area contributed by atoms with Gasteiger partial charge in [0, 0.05) is 5.56 Å². The maximum absolute atomic E-state index is 14.7. The first kappa shape index (κ1) is 24.6. The van der Waals surface area contributed by atoms with Gasteiger partial charge in [0.25, 0.3) is 0 Å². The number of methoxy groups -OCH3 is 1. The summed E-state index contributed by atoms with van der Waals surface area (Å²) in [4.78, 5) is 12.7. The number of esters is 1. The van der Waals surface area contributed by atoms with Gasteiger partial charge in [0.2, 0.25) is 5.82 Å². The topological polar surface area (TPSA) is 44.8 Å². The van der Waals surface area contributed by atoms with Crippen LogP contribution in [0.15, 0.2) is 54.6 Å². The first-order valence-electron chi connectivity index (χ1n) is 11.7. The first-order chi connectivity index (χ1) is 16.9. The second kappa shape index (κ2) is 10.8. The number of hydrogen-bond donors (Lipinski definition) is 0. The molecule has 0 spiro atoms. The van der Waals surface area contributed by atoms with Crippen molar-refractivity contribution in [2.45, 2.75) is 38.5 Å². The Bertz CT molecular complexity index is 1190. The Labute approximate surface area is 202 Å². The predicted octanol–water partition coefficient (Wildman–Crippen LogP) is 7.06. The van der Waals surface area contributed by atoms with Crippen LogP contribution < -0.4 is 14.2 Å². The van der Waals surface area contributed by atoms with E-state index in [4.69, 9.17) is 14.2 Å². The monoisotopic (exact) mass is 484 g/mol. The average molecular weight is 485 g/mol. The molecule has 1 fully saturated rings. The molecule has 0 bridgehead atoms. The van der Waals surface area contributed by atoms with Crippen molar-refractivity contribution in [2.75, 3.05) is 13.7 Å². The summed E-state index contributed by atoms with van der Waals surface area (Å²) >= 11 is 0. The summed E-state index contributed by atoms with van der Waals surface area (Å²) < 4.78 is 59.2. The van der Waals surface area contributed by atoms with E-state index in [0.29, 0.717) is 43.6 Å². The van der Waals surface area contributed by atoms with Crippen molar-refractivity contribution in [3.8, 4) is 28.4 Å². The summed E-state index contributed by atoms with van der Waals surface area (Å²) in [7, 11) is 1.52. The Hall–Kier alpha value is -3.48. The lowest BCUT2D eigenvalue weighted by Crippen LogP contribution is -2.25. The number of carbonyl (C=O) groups is 1. The van der Waals surface area contributed by atoms with Crippen LogP contribution in [0, 0.1) is 23.4 Å². The largest absolute Gasteiger partial charge is 0.497 e. The fourth-order valence-corrected chi connectivity index (χ4v) is 4.50. The third-order valence-corrected chi connectivity index (χ3v) is 6.45. The van der Waals surface area contributed by atoms with Crippen molar-refractivity contribution in [2.24, 2.45) is 5.92 Å². The summed E-state index contributed by atoms with van der Waals surface area (Å²) in [6.07, 6.45) is 2.37.